The van der Waals surface area contributed by atoms with Gasteiger partial charge in [-0.1, -0.05) is 50.1 Å². The maximum absolute atomic E-state index is 4.37. The highest BCUT2D eigenvalue weighted by Gasteiger charge is 2.25. The second-order valence-corrected chi connectivity index (χ2v) is 6.88. The molecular formula is C20H34N4. The Morgan fingerprint density at radius 3 is 2.71 bits per heavy atom. The minimum Gasteiger partial charge on any atom is -0.356 e. The summed E-state index contributed by atoms with van der Waals surface area (Å²) in [4.78, 5) is 6.96. The lowest BCUT2D eigenvalue weighted by Gasteiger charge is -2.38. The molecule has 1 aromatic rings. The van der Waals surface area contributed by atoms with Crippen molar-refractivity contribution in [2.45, 2.75) is 64.6 Å². The van der Waals surface area contributed by atoms with Crippen LogP contribution in [-0.4, -0.2) is 43.1 Å². The van der Waals surface area contributed by atoms with Gasteiger partial charge in [0.25, 0.3) is 0 Å². The zero-order valence-electron chi connectivity index (χ0n) is 15.6. The summed E-state index contributed by atoms with van der Waals surface area (Å²) >= 11 is 0. The minimum absolute atomic E-state index is 0.518. The largest absolute Gasteiger partial charge is 0.356 e. The third kappa shape index (κ3) is 6.16. The minimum atomic E-state index is 0.518. The number of hydrogen-bond acceptors (Lipinski definition) is 2. The Hall–Kier alpha value is -1.55. The molecule has 0 bridgehead atoms. The highest BCUT2D eigenvalue weighted by molar-refractivity contribution is 5.79. The Morgan fingerprint density at radius 1 is 1.25 bits per heavy atom. The van der Waals surface area contributed by atoms with Gasteiger partial charge in [0, 0.05) is 38.8 Å². The normalized spacial score (nSPS) is 22.4. The van der Waals surface area contributed by atoms with Gasteiger partial charge in [-0.3, -0.25) is 9.89 Å². The van der Waals surface area contributed by atoms with Crippen LogP contribution >= 0.6 is 0 Å². The van der Waals surface area contributed by atoms with Gasteiger partial charge < -0.3 is 10.6 Å². The first-order valence-corrected chi connectivity index (χ1v) is 9.48. The summed E-state index contributed by atoms with van der Waals surface area (Å²) in [6, 6.07) is 11.9. The van der Waals surface area contributed by atoms with Crippen LogP contribution in [0.3, 0.4) is 0 Å². The maximum atomic E-state index is 4.37. The number of aliphatic imine (C=N–C) groups is 1. The molecule has 0 saturated carbocycles. The third-order valence-corrected chi connectivity index (χ3v) is 4.88. The molecule has 0 spiro atoms. The van der Waals surface area contributed by atoms with Gasteiger partial charge in [-0.15, -0.1) is 0 Å². The van der Waals surface area contributed by atoms with Gasteiger partial charge >= 0.3 is 0 Å². The number of unbranched alkanes of at least 4 members (excludes halogenated alkanes) is 2. The summed E-state index contributed by atoms with van der Waals surface area (Å²) in [5, 5.41) is 7.05. The van der Waals surface area contributed by atoms with Crippen molar-refractivity contribution >= 4 is 5.96 Å². The zero-order valence-corrected chi connectivity index (χ0v) is 15.6. The molecule has 1 aliphatic heterocycles. The van der Waals surface area contributed by atoms with Crippen LogP contribution in [0.1, 0.15) is 51.5 Å². The average Bonchev–Trinajstić information content (AvgIpc) is 2.61. The first-order chi connectivity index (χ1) is 11.7. The van der Waals surface area contributed by atoms with Gasteiger partial charge in [-0.2, -0.15) is 0 Å². The van der Waals surface area contributed by atoms with Gasteiger partial charge in [0.2, 0.25) is 0 Å². The molecule has 1 heterocycles. The third-order valence-electron chi connectivity index (χ3n) is 4.88. The summed E-state index contributed by atoms with van der Waals surface area (Å²) in [6.07, 6.45) is 6.09. The van der Waals surface area contributed by atoms with Crippen LogP contribution in [0, 0.1) is 0 Å². The van der Waals surface area contributed by atoms with E-state index in [1.54, 1.807) is 0 Å². The second-order valence-electron chi connectivity index (χ2n) is 6.88. The molecule has 1 fully saturated rings. The Morgan fingerprint density at radius 2 is 2.04 bits per heavy atom. The van der Waals surface area contributed by atoms with Gasteiger partial charge in [-0.05, 0) is 31.7 Å². The number of likely N-dealkylation sites (tertiary alicyclic amines) is 1. The van der Waals surface area contributed by atoms with E-state index in [0.29, 0.717) is 12.1 Å². The average molecular weight is 331 g/mol. The molecule has 4 nitrogen and oxygen atoms in total. The molecule has 2 atom stereocenters. The summed E-state index contributed by atoms with van der Waals surface area (Å²) < 4.78 is 0. The first-order valence-electron chi connectivity index (χ1n) is 9.48. The van der Waals surface area contributed by atoms with Gasteiger partial charge in [0.05, 0.1) is 0 Å². The number of nitrogens with one attached hydrogen (secondary N) is 2. The molecule has 0 aliphatic carbocycles. The van der Waals surface area contributed by atoms with Crippen molar-refractivity contribution in [1.29, 1.82) is 0 Å². The van der Waals surface area contributed by atoms with Crippen LogP contribution in [0.5, 0.6) is 0 Å². The molecule has 1 aromatic carbocycles. The van der Waals surface area contributed by atoms with Crippen molar-refractivity contribution in [3.05, 3.63) is 35.9 Å². The van der Waals surface area contributed by atoms with Crippen LogP contribution in [0.4, 0.5) is 0 Å². The smallest absolute Gasteiger partial charge is 0.191 e. The standard InChI is InChI=1S/C20H34N4/c1-4-5-9-13-22-20(21-3)23-19-12-14-24(17(2)15-19)16-18-10-7-6-8-11-18/h6-8,10-11,17,19H,4-5,9,12-16H2,1-3H3,(H2,21,22,23). The molecule has 0 aromatic heterocycles. The number of benzene rings is 1. The predicted octanol–water partition coefficient (Wildman–Crippen LogP) is 3.39. The van der Waals surface area contributed by atoms with E-state index >= 15 is 0 Å². The van der Waals surface area contributed by atoms with Crippen molar-refractivity contribution in [1.82, 2.24) is 15.5 Å². The summed E-state index contributed by atoms with van der Waals surface area (Å²) in [5.74, 6) is 0.958. The van der Waals surface area contributed by atoms with Gasteiger partial charge in [0.15, 0.2) is 5.96 Å². The molecule has 2 N–H and O–H groups in total. The Kier molecular flexibility index (Phi) is 8.10. The summed E-state index contributed by atoms with van der Waals surface area (Å²) in [7, 11) is 1.86. The molecule has 24 heavy (non-hydrogen) atoms. The lowest BCUT2D eigenvalue weighted by molar-refractivity contribution is 0.134. The molecule has 0 amide bonds. The molecular weight excluding hydrogens is 296 g/mol. The topological polar surface area (TPSA) is 39.7 Å². The second kappa shape index (κ2) is 10.3. The monoisotopic (exact) mass is 330 g/mol. The zero-order chi connectivity index (χ0) is 17.2. The van der Waals surface area contributed by atoms with Crippen LogP contribution in [-0.2, 0) is 6.54 Å². The number of piperidine rings is 1. The summed E-state index contributed by atoms with van der Waals surface area (Å²) in [6.45, 7) is 7.78. The highest BCUT2D eigenvalue weighted by Crippen LogP contribution is 2.19. The highest BCUT2D eigenvalue weighted by atomic mass is 15.2. The van der Waals surface area contributed by atoms with E-state index < -0.39 is 0 Å². The van der Waals surface area contributed by atoms with Crippen LogP contribution in [0.15, 0.2) is 35.3 Å². The number of nitrogens with zero attached hydrogens (tertiary/aromatic N) is 2. The fraction of sp³-hybridized carbons (Fsp3) is 0.650. The first kappa shape index (κ1) is 18.8. The quantitative estimate of drug-likeness (QED) is 0.457. The molecule has 1 saturated heterocycles. The lowest BCUT2D eigenvalue weighted by Crippen LogP contribution is -2.51. The van der Waals surface area contributed by atoms with E-state index in [-0.39, 0.29) is 0 Å². The molecule has 2 rings (SSSR count). The fourth-order valence-electron chi connectivity index (χ4n) is 3.37. The number of hydrogen-bond donors (Lipinski definition) is 2. The van der Waals surface area contributed by atoms with Gasteiger partial charge in [0.1, 0.15) is 0 Å². The molecule has 134 valence electrons. The van der Waals surface area contributed by atoms with Crippen LogP contribution < -0.4 is 10.6 Å². The molecule has 0 radical (unpaired) electrons. The molecule has 4 heteroatoms. The van der Waals surface area contributed by atoms with Gasteiger partial charge in [-0.25, -0.2) is 0 Å². The van der Waals surface area contributed by atoms with Crippen LogP contribution in [0.25, 0.3) is 0 Å². The van der Waals surface area contributed by atoms with Crippen molar-refractivity contribution < 1.29 is 0 Å². The van der Waals surface area contributed by atoms with Crippen molar-refractivity contribution in [3.63, 3.8) is 0 Å². The van der Waals surface area contributed by atoms with E-state index in [4.69, 9.17) is 0 Å². The van der Waals surface area contributed by atoms with E-state index in [1.807, 2.05) is 7.05 Å². The fourth-order valence-corrected chi connectivity index (χ4v) is 3.37. The van der Waals surface area contributed by atoms with Crippen molar-refractivity contribution in [3.8, 4) is 0 Å². The summed E-state index contributed by atoms with van der Waals surface area (Å²) in [5.41, 5.74) is 1.41. The van der Waals surface area contributed by atoms with Crippen molar-refractivity contribution in [2.75, 3.05) is 20.1 Å². The predicted molar refractivity (Wildman–Crippen MR) is 103 cm³/mol. The Labute approximate surface area is 147 Å². The Bertz CT molecular complexity index is 486. The van der Waals surface area contributed by atoms with Crippen LogP contribution in [0.2, 0.25) is 0 Å². The van der Waals surface area contributed by atoms with E-state index in [9.17, 15) is 0 Å². The van der Waals surface area contributed by atoms with Crippen molar-refractivity contribution in [2.24, 2.45) is 4.99 Å². The molecule has 2 unspecified atom stereocenters. The van der Waals surface area contributed by atoms with E-state index in [2.05, 4.69) is 64.7 Å². The SMILES string of the molecule is CCCCCNC(=NC)NC1CCN(Cc2ccccc2)C(C)C1. The maximum Gasteiger partial charge on any atom is 0.191 e. The Balaban J connectivity index is 1.75. The molecule has 1 aliphatic rings. The number of guanidine groups is 1. The van der Waals surface area contributed by atoms with E-state index in [0.717, 1.165) is 25.6 Å². The van der Waals surface area contributed by atoms with E-state index in [1.165, 1.54) is 37.7 Å². The lowest BCUT2D eigenvalue weighted by atomic mass is 9.97. The number of rotatable bonds is 7.